The molecule has 0 unspecified atom stereocenters. The lowest BCUT2D eigenvalue weighted by molar-refractivity contribution is 0.627. The second-order valence-electron chi connectivity index (χ2n) is 6.81. The molecule has 0 aliphatic carbocycles. The fourth-order valence-corrected chi connectivity index (χ4v) is 3.33. The third kappa shape index (κ3) is 3.37. The smallest absolute Gasteiger partial charge is 0.266 e. The number of para-hydroxylation sites is 1. The Balaban J connectivity index is 1.97. The van der Waals surface area contributed by atoms with Crippen LogP contribution < -0.4 is 5.56 Å². The molecular weight excluding hydrogens is 351 g/mol. The summed E-state index contributed by atoms with van der Waals surface area (Å²) in [5.41, 5.74) is 4.10. The van der Waals surface area contributed by atoms with Crippen molar-refractivity contribution in [3.8, 4) is 5.69 Å². The van der Waals surface area contributed by atoms with Crippen molar-refractivity contribution >= 4 is 23.1 Å². The Kier molecular flexibility index (Phi) is 4.62. The normalized spacial score (nSPS) is 11.4. The first-order valence-electron chi connectivity index (χ1n) is 9.06. The van der Waals surface area contributed by atoms with Gasteiger partial charge in [0.2, 0.25) is 0 Å². The number of rotatable bonds is 3. The molecule has 0 spiro atoms. The molecule has 0 N–H and O–H groups in total. The molecule has 1 aromatic heterocycles. The molecule has 4 heteroatoms. The van der Waals surface area contributed by atoms with Crippen molar-refractivity contribution in [2.45, 2.75) is 13.8 Å². The van der Waals surface area contributed by atoms with Gasteiger partial charge in [-0.3, -0.25) is 9.36 Å². The molecule has 0 radical (unpaired) electrons. The fraction of sp³-hybridized carbons (Fsp3) is 0.0833. The number of hydrogen-bond acceptors (Lipinski definition) is 2. The van der Waals surface area contributed by atoms with Crippen molar-refractivity contribution in [3.63, 3.8) is 0 Å². The molecule has 4 rings (SSSR count). The Labute approximate surface area is 162 Å². The summed E-state index contributed by atoms with van der Waals surface area (Å²) in [5, 5.41) is 0.561. The molecule has 0 amide bonds. The number of halogens is 1. The molecule has 4 aromatic rings. The van der Waals surface area contributed by atoms with Crippen LogP contribution in [0.3, 0.4) is 0 Å². The molecule has 3 aromatic carbocycles. The van der Waals surface area contributed by atoms with Gasteiger partial charge in [0, 0.05) is 0 Å². The van der Waals surface area contributed by atoms with Gasteiger partial charge in [-0.1, -0.05) is 48.0 Å². The van der Waals surface area contributed by atoms with E-state index in [-0.39, 0.29) is 11.4 Å². The Morgan fingerprint density at radius 3 is 2.54 bits per heavy atom. The van der Waals surface area contributed by atoms with Gasteiger partial charge in [0.25, 0.3) is 5.56 Å². The van der Waals surface area contributed by atoms with Crippen molar-refractivity contribution < 1.29 is 4.39 Å². The quantitative estimate of drug-likeness (QED) is 0.490. The van der Waals surface area contributed by atoms with E-state index in [0.29, 0.717) is 22.3 Å². The average Bonchev–Trinajstić information content (AvgIpc) is 2.68. The molecule has 0 saturated heterocycles. The summed E-state index contributed by atoms with van der Waals surface area (Å²) < 4.78 is 15.1. The highest BCUT2D eigenvalue weighted by molar-refractivity contribution is 5.80. The SMILES string of the molecule is Cc1ccc(-n2c(/C=C/c3cccc(F)c3)nc3ccccc3c2=O)c(C)c1. The fourth-order valence-electron chi connectivity index (χ4n) is 3.33. The third-order valence-corrected chi connectivity index (χ3v) is 4.67. The van der Waals surface area contributed by atoms with Crippen molar-refractivity contribution in [2.75, 3.05) is 0 Å². The van der Waals surface area contributed by atoms with Gasteiger partial charge in [-0.25, -0.2) is 9.37 Å². The number of aryl methyl sites for hydroxylation is 2. The maximum atomic E-state index is 13.5. The van der Waals surface area contributed by atoms with E-state index in [1.165, 1.54) is 12.1 Å². The van der Waals surface area contributed by atoms with Crippen molar-refractivity contribution in [3.05, 3.63) is 105 Å². The van der Waals surface area contributed by atoms with Crippen molar-refractivity contribution in [1.82, 2.24) is 9.55 Å². The lowest BCUT2D eigenvalue weighted by Gasteiger charge is -2.14. The van der Waals surface area contributed by atoms with E-state index in [2.05, 4.69) is 0 Å². The first-order valence-corrected chi connectivity index (χ1v) is 9.06. The van der Waals surface area contributed by atoms with Gasteiger partial charge in [-0.05, 0) is 61.4 Å². The summed E-state index contributed by atoms with van der Waals surface area (Å²) in [7, 11) is 0. The second kappa shape index (κ2) is 7.24. The van der Waals surface area contributed by atoms with E-state index in [0.717, 1.165) is 16.8 Å². The average molecular weight is 370 g/mol. The highest BCUT2D eigenvalue weighted by atomic mass is 19.1. The highest BCUT2D eigenvalue weighted by Crippen LogP contribution is 2.19. The van der Waals surface area contributed by atoms with Crippen LogP contribution in [0.5, 0.6) is 0 Å². The van der Waals surface area contributed by atoms with Crippen LogP contribution in [-0.4, -0.2) is 9.55 Å². The molecular formula is C24H19FN2O. The lowest BCUT2D eigenvalue weighted by atomic mass is 10.1. The van der Waals surface area contributed by atoms with Gasteiger partial charge in [0.1, 0.15) is 11.6 Å². The number of aromatic nitrogens is 2. The molecule has 0 aliphatic heterocycles. The van der Waals surface area contributed by atoms with E-state index in [9.17, 15) is 9.18 Å². The topological polar surface area (TPSA) is 34.9 Å². The molecule has 0 bridgehead atoms. The monoisotopic (exact) mass is 370 g/mol. The number of hydrogen-bond donors (Lipinski definition) is 0. The maximum Gasteiger partial charge on any atom is 0.266 e. The van der Waals surface area contributed by atoms with E-state index in [4.69, 9.17) is 4.98 Å². The van der Waals surface area contributed by atoms with E-state index >= 15 is 0 Å². The first kappa shape index (κ1) is 17.9. The van der Waals surface area contributed by atoms with E-state index in [1.807, 2.05) is 50.2 Å². The lowest BCUT2D eigenvalue weighted by Crippen LogP contribution is -2.23. The Morgan fingerprint density at radius 1 is 0.929 bits per heavy atom. The summed E-state index contributed by atoms with van der Waals surface area (Å²) in [6, 6.07) is 19.5. The molecule has 138 valence electrons. The number of fused-ring (bicyclic) bond motifs is 1. The van der Waals surface area contributed by atoms with Crippen LogP contribution in [0.1, 0.15) is 22.5 Å². The minimum atomic E-state index is -0.305. The summed E-state index contributed by atoms with van der Waals surface area (Å²) in [6.45, 7) is 3.99. The number of nitrogens with zero attached hydrogens (tertiary/aromatic N) is 2. The van der Waals surface area contributed by atoms with Crippen LogP contribution in [0.2, 0.25) is 0 Å². The summed E-state index contributed by atoms with van der Waals surface area (Å²) >= 11 is 0. The molecule has 0 fully saturated rings. The molecule has 28 heavy (non-hydrogen) atoms. The van der Waals surface area contributed by atoms with Gasteiger partial charge < -0.3 is 0 Å². The van der Waals surface area contributed by atoms with Gasteiger partial charge in [0.15, 0.2) is 0 Å². The minimum absolute atomic E-state index is 0.128. The van der Waals surface area contributed by atoms with Crippen LogP contribution in [0.25, 0.3) is 28.7 Å². The summed E-state index contributed by atoms with van der Waals surface area (Å²) in [6.07, 6.45) is 3.52. The van der Waals surface area contributed by atoms with Crippen LogP contribution in [0.15, 0.2) is 71.5 Å². The Morgan fingerprint density at radius 2 is 1.75 bits per heavy atom. The number of benzene rings is 3. The van der Waals surface area contributed by atoms with Crippen LogP contribution in [0, 0.1) is 19.7 Å². The predicted octanol–water partition coefficient (Wildman–Crippen LogP) is 5.31. The zero-order valence-corrected chi connectivity index (χ0v) is 15.7. The van der Waals surface area contributed by atoms with Crippen molar-refractivity contribution in [2.24, 2.45) is 0 Å². The Hall–Kier alpha value is -3.53. The third-order valence-electron chi connectivity index (χ3n) is 4.67. The highest BCUT2D eigenvalue weighted by Gasteiger charge is 2.12. The standard InChI is InChI=1S/C24H19FN2O/c1-16-10-12-22(17(2)14-16)27-23(13-11-18-6-5-7-19(25)15-18)26-21-9-4-3-8-20(21)24(27)28/h3-15H,1-2H3/b13-11+. The minimum Gasteiger partial charge on any atom is -0.268 e. The molecule has 0 aliphatic rings. The second-order valence-corrected chi connectivity index (χ2v) is 6.81. The van der Waals surface area contributed by atoms with E-state index < -0.39 is 0 Å². The van der Waals surface area contributed by atoms with Crippen LogP contribution in [-0.2, 0) is 0 Å². The molecule has 3 nitrogen and oxygen atoms in total. The van der Waals surface area contributed by atoms with Crippen LogP contribution in [0.4, 0.5) is 4.39 Å². The van der Waals surface area contributed by atoms with Gasteiger partial charge in [-0.15, -0.1) is 0 Å². The predicted molar refractivity (Wildman–Crippen MR) is 112 cm³/mol. The Bertz CT molecular complexity index is 1270. The molecule has 0 saturated carbocycles. The zero-order valence-electron chi connectivity index (χ0n) is 15.7. The van der Waals surface area contributed by atoms with Crippen LogP contribution >= 0.6 is 0 Å². The first-order chi connectivity index (χ1) is 13.5. The summed E-state index contributed by atoms with van der Waals surface area (Å²) in [5.74, 6) is 0.195. The van der Waals surface area contributed by atoms with Gasteiger partial charge in [0.05, 0.1) is 16.6 Å². The van der Waals surface area contributed by atoms with Gasteiger partial charge >= 0.3 is 0 Å². The van der Waals surface area contributed by atoms with Gasteiger partial charge in [-0.2, -0.15) is 0 Å². The zero-order chi connectivity index (χ0) is 19.7. The molecule has 1 heterocycles. The maximum absolute atomic E-state index is 13.5. The van der Waals surface area contributed by atoms with Crippen molar-refractivity contribution in [1.29, 1.82) is 0 Å². The van der Waals surface area contributed by atoms with E-state index in [1.54, 1.807) is 34.9 Å². The summed E-state index contributed by atoms with van der Waals surface area (Å²) in [4.78, 5) is 18.0. The molecule has 0 atom stereocenters. The largest absolute Gasteiger partial charge is 0.268 e.